The quantitative estimate of drug-likeness (QED) is 0.262. The third kappa shape index (κ3) is 5.82. The molecular formula is C22H20F3NO2S. The van der Waals surface area contributed by atoms with Gasteiger partial charge in [0.05, 0.1) is 21.9 Å². The molecule has 1 heterocycles. The zero-order valence-electron chi connectivity index (χ0n) is 15.9. The molecule has 0 unspecified atom stereocenters. The first-order valence-electron chi connectivity index (χ1n) is 8.83. The first kappa shape index (κ1) is 21.4. The second-order valence-corrected chi connectivity index (χ2v) is 7.31. The number of alkyl halides is 3. The van der Waals surface area contributed by atoms with Crippen LogP contribution in [0.3, 0.4) is 0 Å². The summed E-state index contributed by atoms with van der Waals surface area (Å²) in [6.07, 6.45) is -0.985. The molecule has 152 valence electrons. The summed E-state index contributed by atoms with van der Waals surface area (Å²) in [4.78, 5) is 4.66. The van der Waals surface area contributed by atoms with Crippen molar-refractivity contribution in [2.45, 2.75) is 17.5 Å². The lowest BCUT2D eigenvalue weighted by molar-refractivity contribution is -0.137. The summed E-state index contributed by atoms with van der Waals surface area (Å²) in [6.45, 7) is 0. The number of halogens is 3. The third-order valence-corrected chi connectivity index (χ3v) is 5.25. The number of ether oxygens (including phenoxy) is 2. The lowest BCUT2D eigenvalue weighted by Gasteiger charge is -2.12. The van der Waals surface area contributed by atoms with Gasteiger partial charge in [-0.05, 0) is 35.4 Å². The molecule has 0 N–H and O–H groups in total. The molecule has 0 radical (unpaired) electrons. The van der Waals surface area contributed by atoms with Gasteiger partial charge >= 0.3 is 6.18 Å². The van der Waals surface area contributed by atoms with Crippen LogP contribution in [0.1, 0.15) is 16.7 Å². The molecule has 0 saturated carbocycles. The van der Waals surface area contributed by atoms with Gasteiger partial charge in [-0.25, -0.2) is 4.98 Å². The van der Waals surface area contributed by atoms with E-state index in [1.54, 1.807) is 32.1 Å². The molecule has 29 heavy (non-hydrogen) atoms. The maximum Gasteiger partial charge on any atom is 0.416 e. The average molecular weight is 419 g/mol. The van der Waals surface area contributed by atoms with Crippen molar-refractivity contribution in [1.29, 1.82) is 0 Å². The van der Waals surface area contributed by atoms with E-state index in [0.717, 1.165) is 33.6 Å². The van der Waals surface area contributed by atoms with Gasteiger partial charge in [0.2, 0.25) is 0 Å². The number of rotatable bonds is 7. The van der Waals surface area contributed by atoms with E-state index < -0.39 is 11.7 Å². The zero-order valence-corrected chi connectivity index (χ0v) is 16.8. The topological polar surface area (TPSA) is 31.4 Å². The van der Waals surface area contributed by atoms with Gasteiger partial charge in [0, 0.05) is 19.6 Å². The van der Waals surface area contributed by atoms with E-state index in [4.69, 9.17) is 9.47 Å². The van der Waals surface area contributed by atoms with Crippen LogP contribution in [0.2, 0.25) is 0 Å². The van der Waals surface area contributed by atoms with Crippen LogP contribution in [-0.2, 0) is 15.7 Å². The summed E-state index contributed by atoms with van der Waals surface area (Å²) in [5, 5.41) is 1.87. The van der Waals surface area contributed by atoms with Gasteiger partial charge in [-0.1, -0.05) is 42.5 Å². The van der Waals surface area contributed by atoms with Crippen molar-refractivity contribution in [3.63, 3.8) is 0 Å². The standard InChI is InChI=1S/C22H20F3NO2S/c1-27-21(28-2)14-29-20-12-9-17-8-5-16(13-19(17)26-20)4-3-15-6-10-18(11-7-15)22(23,24)25/h3-13,21H,14H2,1-2H3. The van der Waals surface area contributed by atoms with Gasteiger partial charge in [0.1, 0.15) is 0 Å². The van der Waals surface area contributed by atoms with Gasteiger partial charge in [0.15, 0.2) is 6.29 Å². The fourth-order valence-corrected chi connectivity index (χ4v) is 3.57. The van der Waals surface area contributed by atoms with Crippen LogP contribution in [-0.4, -0.2) is 31.2 Å². The molecule has 0 amide bonds. The number of hydrogen-bond acceptors (Lipinski definition) is 4. The smallest absolute Gasteiger partial charge is 0.355 e. The lowest BCUT2D eigenvalue weighted by atomic mass is 10.1. The van der Waals surface area contributed by atoms with Crippen LogP contribution in [0, 0.1) is 0 Å². The Kier molecular flexibility index (Phi) is 6.95. The molecule has 1 aromatic heterocycles. The highest BCUT2D eigenvalue weighted by Gasteiger charge is 2.29. The van der Waals surface area contributed by atoms with Crippen LogP contribution in [0.15, 0.2) is 59.6 Å². The summed E-state index contributed by atoms with van der Waals surface area (Å²) in [5.74, 6) is 0.624. The molecule has 0 aliphatic carbocycles. The molecule has 0 atom stereocenters. The Hall–Kier alpha value is -2.35. The summed E-state index contributed by atoms with van der Waals surface area (Å²) in [6, 6.07) is 14.9. The Balaban J connectivity index is 1.75. The summed E-state index contributed by atoms with van der Waals surface area (Å²) in [5.41, 5.74) is 1.80. The highest BCUT2D eigenvalue weighted by molar-refractivity contribution is 7.99. The first-order valence-corrected chi connectivity index (χ1v) is 9.82. The minimum absolute atomic E-state index is 0.296. The van der Waals surface area contributed by atoms with Crippen molar-refractivity contribution in [2.75, 3.05) is 20.0 Å². The maximum atomic E-state index is 12.7. The molecule has 0 aliphatic rings. The molecule has 2 aromatic carbocycles. The maximum absolute atomic E-state index is 12.7. The van der Waals surface area contributed by atoms with Crippen molar-refractivity contribution in [2.24, 2.45) is 0 Å². The van der Waals surface area contributed by atoms with Crippen LogP contribution in [0.25, 0.3) is 23.1 Å². The number of nitrogens with zero attached hydrogens (tertiary/aromatic N) is 1. The molecule has 3 nitrogen and oxygen atoms in total. The van der Waals surface area contributed by atoms with Gasteiger partial charge < -0.3 is 9.47 Å². The molecule has 0 saturated heterocycles. The van der Waals surface area contributed by atoms with E-state index in [1.807, 2.05) is 36.4 Å². The normalized spacial score (nSPS) is 12.3. The van der Waals surface area contributed by atoms with Crippen molar-refractivity contribution in [3.05, 3.63) is 71.3 Å². The number of fused-ring (bicyclic) bond motifs is 1. The average Bonchev–Trinajstić information content (AvgIpc) is 2.72. The minimum Gasteiger partial charge on any atom is -0.355 e. The minimum atomic E-state index is -4.32. The molecule has 7 heteroatoms. The molecule has 0 spiro atoms. The van der Waals surface area contributed by atoms with Gasteiger partial charge in [-0.15, -0.1) is 11.8 Å². The second kappa shape index (κ2) is 9.43. The Bertz CT molecular complexity index is 984. The summed E-state index contributed by atoms with van der Waals surface area (Å²) < 4.78 is 48.3. The molecule has 0 aliphatic heterocycles. The Morgan fingerprint density at radius 1 is 0.931 bits per heavy atom. The molecular weight excluding hydrogens is 399 g/mol. The van der Waals surface area contributed by atoms with E-state index in [2.05, 4.69) is 4.98 Å². The fourth-order valence-electron chi connectivity index (χ4n) is 2.66. The van der Waals surface area contributed by atoms with Gasteiger partial charge in [-0.2, -0.15) is 13.2 Å². The number of benzene rings is 2. The molecule has 3 aromatic rings. The molecule has 0 fully saturated rings. The van der Waals surface area contributed by atoms with E-state index in [9.17, 15) is 13.2 Å². The molecule has 3 rings (SSSR count). The SMILES string of the molecule is COC(CSc1ccc2ccc(C=Cc3ccc(C(F)(F)F)cc3)cc2n1)OC. The zero-order chi connectivity index (χ0) is 20.9. The number of aromatic nitrogens is 1. The largest absolute Gasteiger partial charge is 0.416 e. The van der Waals surface area contributed by atoms with Gasteiger partial charge in [0.25, 0.3) is 0 Å². The van der Waals surface area contributed by atoms with Gasteiger partial charge in [-0.3, -0.25) is 0 Å². The van der Waals surface area contributed by atoms with Crippen LogP contribution >= 0.6 is 11.8 Å². The number of methoxy groups -OCH3 is 2. The Morgan fingerprint density at radius 3 is 2.21 bits per heavy atom. The fraction of sp³-hybridized carbons (Fsp3) is 0.227. The first-order chi connectivity index (χ1) is 13.9. The highest BCUT2D eigenvalue weighted by atomic mass is 32.2. The van der Waals surface area contributed by atoms with Crippen LogP contribution in [0.5, 0.6) is 0 Å². The van der Waals surface area contributed by atoms with E-state index in [-0.39, 0.29) is 6.29 Å². The van der Waals surface area contributed by atoms with Crippen LogP contribution < -0.4 is 0 Å². The Labute approximate surface area is 171 Å². The monoisotopic (exact) mass is 419 g/mol. The van der Waals surface area contributed by atoms with Crippen molar-refractivity contribution >= 4 is 34.8 Å². The van der Waals surface area contributed by atoms with Crippen molar-refractivity contribution < 1.29 is 22.6 Å². The number of hydrogen-bond donors (Lipinski definition) is 0. The van der Waals surface area contributed by atoms with E-state index in [0.29, 0.717) is 11.3 Å². The lowest BCUT2D eigenvalue weighted by Crippen LogP contribution is -2.15. The van der Waals surface area contributed by atoms with Crippen molar-refractivity contribution in [3.8, 4) is 0 Å². The second-order valence-electron chi connectivity index (χ2n) is 6.27. The highest BCUT2D eigenvalue weighted by Crippen LogP contribution is 2.29. The molecule has 0 bridgehead atoms. The third-order valence-electron chi connectivity index (χ3n) is 4.29. The number of thioether (sulfide) groups is 1. The number of pyridine rings is 1. The van der Waals surface area contributed by atoms with Crippen molar-refractivity contribution in [1.82, 2.24) is 4.98 Å². The predicted molar refractivity (Wildman–Crippen MR) is 111 cm³/mol. The Morgan fingerprint density at radius 2 is 1.55 bits per heavy atom. The van der Waals surface area contributed by atoms with Crippen LogP contribution in [0.4, 0.5) is 13.2 Å². The summed E-state index contributed by atoms with van der Waals surface area (Å²) >= 11 is 1.54. The van der Waals surface area contributed by atoms with E-state index >= 15 is 0 Å². The van der Waals surface area contributed by atoms with E-state index in [1.165, 1.54) is 12.1 Å². The predicted octanol–water partition coefficient (Wildman–Crippen LogP) is 6.14. The summed E-state index contributed by atoms with van der Waals surface area (Å²) in [7, 11) is 3.19.